The van der Waals surface area contributed by atoms with E-state index < -0.39 is 0 Å². The second-order valence-electron chi connectivity index (χ2n) is 31.4. The molecule has 3 heterocycles. The van der Waals surface area contributed by atoms with Crippen molar-refractivity contribution >= 4 is 17.4 Å². The van der Waals surface area contributed by atoms with Crippen LogP contribution in [-0.2, 0) is 19.3 Å². The predicted molar refractivity (Wildman–Crippen MR) is 458 cm³/mol. The van der Waals surface area contributed by atoms with E-state index in [-0.39, 0.29) is 0 Å². The van der Waals surface area contributed by atoms with Crippen LogP contribution in [0.1, 0.15) is 332 Å². The fraction of sp³-hybridized carbons (Fsp3) is 0.615. The van der Waals surface area contributed by atoms with Gasteiger partial charge in [-0.05, 0) is 256 Å². The van der Waals surface area contributed by atoms with E-state index in [0.29, 0.717) is 5.92 Å². The maximum Gasteiger partial charge on any atom is 0.104 e. The van der Waals surface area contributed by atoms with Crippen molar-refractivity contribution < 1.29 is 4.42 Å². The van der Waals surface area contributed by atoms with Crippen LogP contribution in [0.2, 0.25) is 0 Å². The third-order valence-corrected chi connectivity index (χ3v) is 14.7. The Morgan fingerprint density at radius 2 is 1.01 bits per heavy atom. The highest BCUT2D eigenvalue weighted by Crippen LogP contribution is 2.15. The summed E-state index contributed by atoms with van der Waals surface area (Å²) in [6.45, 7) is 65.7. The molecule has 99 heavy (non-hydrogen) atoms. The maximum atomic E-state index is 5.14. The average Bonchev–Trinajstić information content (AvgIpc) is 2.42. The molecule has 0 aliphatic carbocycles. The van der Waals surface area contributed by atoms with Crippen LogP contribution in [0, 0.1) is 95.7 Å². The smallest absolute Gasteiger partial charge is 0.104 e. The minimum atomic E-state index is 0.691. The lowest BCUT2D eigenvalue weighted by Gasteiger charge is -2.01. The number of aryl methyl sites for hydroxylation is 1. The van der Waals surface area contributed by atoms with Gasteiger partial charge < -0.3 is 4.42 Å². The SMILES string of the molecule is C#CCCC(C)C.C#CCCCC(C)C.C=C(C)CC(C)C.CC(C)=CCC/C(C)=C/CC(C)C.CC(C)=CCC/C(C)=C\CC(C)C.CC(C)C/C=C/c1ccccc1.CC(C)CCc1ccsc1.CC(C)Cc1cccnc1.CC(C)Cc1ccco1.CCCC#CCCC(C)C. The van der Waals surface area contributed by atoms with E-state index >= 15 is 0 Å². The van der Waals surface area contributed by atoms with E-state index in [2.05, 4.69) is 313 Å². The Balaban J connectivity index is -0.000000244. The number of nitrogens with zero attached hydrogens (tertiary/aromatic N) is 1. The summed E-state index contributed by atoms with van der Waals surface area (Å²) in [7, 11) is 0. The van der Waals surface area contributed by atoms with Gasteiger partial charge in [0, 0.05) is 44.5 Å². The highest BCUT2D eigenvalue weighted by Gasteiger charge is 2.00. The fourth-order valence-corrected chi connectivity index (χ4v) is 9.05. The molecule has 0 aliphatic rings. The molecule has 562 valence electrons. The van der Waals surface area contributed by atoms with Gasteiger partial charge in [-0.15, -0.1) is 43.1 Å². The number of pyridine rings is 1. The van der Waals surface area contributed by atoms with Gasteiger partial charge in [0.1, 0.15) is 5.76 Å². The summed E-state index contributed by atoms with van der Waals surface area (Å²) in [4.78, 5) is 4.04. The Morgan fingerprint density at radius 3 is 1.37 bits per heavy atom. The van der Waals surface area contributed by atoms with Crippen molar-refractivity contribution in [2.75, 3.05) is 0 Å². The monoisotopic (exact) mass is 1380 g/mol. The number of hydrogen-bond donors (Lipinski definition) is 0. The van der Waals surface area contributed by atoms with Gasteiger partial charge >= 0.3 is 0 Å². The third-order valence-electron chi connectivity index (χ3n) is 14.0. The van der Waals surface area contributed by atoms with Gasteiger partial charge in [0.15, 0.2) is 0 Å². The first-order valence-corrected chi connectivity index (χ1v) is 39.8. The predicted octanol–water partition coefficient (Wildman–Crippen LogP) is 31.6. The number of thiophene rings is 1. The summed E-state index contributed by atoms with van der Waals surface area (Å²) < 4.78 is 5.14. The van der Waals surface area contributed by atoms with E-state index in [1.165, 1.54) is 128 Å². The van der Waals surface area contributed by atoms with Crippen molar-refractivity contribution in [2.45, 2.75) is 329 Å². The van der Waals surface area contributed by atoms with Gasteiger partial charge in [-0.1, -0.05) is 253 Å². The Bertz CT molecular complexity index is 2560. The van der Waals surface area contributed by atoms with Crippen molar-refractivity contribution in [3.63, 3.8) is 0 Å². The van der Waals surface area contributed by atoms with Gasteiger partial charge in [-0.2, -0.15) is 11.3 Å². The number of furan rings is 1. The standard InChI is InChI=1S/2C13H24.C12H16.C10H18.C9H13N.C9H14S.C8H12O.C8H14.C7H14.C7H12/c2*1-11(2)7-6-8-13(5)10-9-12(3)4;1-11(2)7-6-10-12-8-4-3-5-9-12;1-4-5-6-7-8-9-10(2)3;1-8(2)6-9-4-3-5-10-7-9;1-8(2)3-4-9-5-6-10-7-9;1-7(2)6-8-4-3-5-9-8;1-4-5-6-7-8(2)3;1-6(2)5-7(3)4;1-4-5-6-7(2)3/h2*7,10,12H,6,8-9H2,1-5H3;3-6,8-11H,7H2,1-2H3;10H,4-5,8-9H2,1-3H3;3-5,7-8H,6H2,1-2H3;5-8H,3-4H2,1-2H3;3-5,7H,6H2,1-2H3;1,8H,5-7H2,2-3H3;7H,1,5H2,2-4H3;1,7H,5-6H2,2-3H3/b13-10+;13-10-;10-6+;;;;;;;. The summed E-state index contributed by atoms with van der Waals surface area (Å²) in [5.74, 6) is 20.3. The molecule has 1 aromatic carbocycles. The molecule has 0 fully saturated rings. The molecule has 4 rings (SSSR count). The van der Waals surface area contributed by atoms with E-state index in [0.717, 1.165) is 110 Å². The number of allylic oxidation sites excluding steroid dienone is 10. The number of hydrogen-bond acceptors (Lipinski definition) is 3. The molecule has 0 saturated heterocycles. The van der Waals surface area contributed by atoms with Crippen LogP contribution in [0.25, 0.3) is 6.08 Å². The molecule has 0 radical (unpaired) electrons. The van der Waals surface area contributed by atoms with E-state index in [9.17, 15) is 0 Å². The lowest BCUT2D eigenvalue weighted by atomic mass is 10.1. The molecule has 0 amide bonds. The first-order valence-electron chi connectivity index (χ1n) is 38.8. The molecule has 0 N–H and O–H groups in total. The van der Waals surface area contributed by atoms with Crippen molar-refractivity contribution in [3.05, 3.63) is 177 Å². The summed E-state index contributed by atoms with van der Waals surface area (Å²) in [5.41, 5.74) is 11.3. The summed E-state index contributed by atoms with van der Waals surface area (Å²) in [6.07, 6.45) is 53.8. The zero-order valence-electron chi connectivity index (χ0n) is 70.4. The number of benzene rings is 1. The normalized spacial score (nSPS) is 10.6. The zero-order chi connectivity index (χ0) is 76.6. The molecule has 0 aliphatic heterocycles. The van der Waals surface area contributed by atoms with Crippen LogP contribution >= 0.6 is 11.3 Å². The van der Waals surface area contributed by atoms with Gasteiger partial charge in [0.25, 0.3) is 0 Å². The van der Waals surface area contributed by atoms with Crippen LogP contribution < -0.4 is 0 Å². The maximum absolute atomic E-state index is 5.14. The summed E-state index contributed by atoms with van der Waals surface area (Å²) in [5, 5.41) is 4.39. The Hall–Kier alpha value is -5.53. The van der Waals surface area contributed by atoms with Gasteiger partial charge in [-0.25, -0.2) is 0 Å². The van der Waals surface area contributed by atoms with Gasteiger partial charge in [-0.3, -0.25) is 4.98 Å². The molecule has 0 spiro atoms. The second kappa shape index (κ2) is 76.6. The van der Waals surface area contributed by atoms with Crippen molar-refractivity contribution in [3.8, 4) is 36.5 Å². The second-order valence-corrected chi connectivity index (χ2v) is 32.1. The Kier molecular flexibility index (Phi) is 80.9. The highest BCUT2D eigenvalue weighted by molar-refractivity contribution is 7.07. The van der Waals surface area contributed by atoms with Crippen molar-refractivity contribution in [2.24, 2.45) is 59.2 Å². The zero-order valence-corrected chi connectivity index (χ0v) is 71.2. The van der Waals surface area contributed by atoms with E-state index in [1.54, 1.807) is 17.6 Å². The number of rotatable bonds is 30. The molecular formula is C96H161NOS. The summed E-state index contributed by atoms with van der Waals surface area (Å²) >= 11 is 1.79. The topological polar surface area (TPSA) is 26.0 Å². The van der Waals surface area contributed by atoms with E-state index in [4.69, 9.17) is 17.3 Å². The minimum Gasteiger partial charge on any atom is -0.469 e. The van der Waals surface area contributed by atoms with Crippen LogP contribution in [0.15, 0.2) is 159 Å². The van der Waals surface area contributed by atoms with Crippen LogP contribution in [0.5, 0.6) is 0 Å². The molecule has 4 aromatic rings. The minimum absolute atomic E-state index is 0.691. The Morgan fingerprint density at radius 1 is 0.505 bits per heavy atom. The first kappa shape index (κ1) is 104. The molecule has 3 heteroatoms. The largest absolute Gasteiger partial charge is 0.469 e. The molecule has 0 unspecified atom stereocenters. The third kappa shape index (κ3) is 104. The molecule has 0 atom stereocenters. The fourth-order valence-electron chi connectivity index (χ4n) is 8.35. The van der Waals surface area contributed by atoms with Crippen LogP contribution in [0.3, 0.4) is 0 Å². The lowest BCUT2D eigenvalue weighted by Crippen LogP contribution is -1.93. The molecule has 2 nitrogen and oxygen atoms in total. The molecule has 0 saturated carbocycles. The van der Waals surface area contributed by atoms with Gasteiger partial charge in [0.05, 0.1) is 6.26 Å². The lowest BCUT2D eigenvalue weighted by molar-refractivity contribution is 0.472. The molecule has 0 bridgehead atoms. The van der Waals surface area contributed by atoms with Crippen LogP contribution in [0.4, 0.5) is 0 Å². The average molecular weight is 1380 g/mol. The summed E-state index contributed by atoms with van der Waals surface area (Å²) in [6, 6.07) is 20.7. The van der Waals surface area contributed by atoms with Gasteiger partial charge in [0.2, 0.25) is 0 Å². The van der Waals surface area contributed by atoms with Crippen molar-refractivity contribution in [1.82, 2.24) is 4.98 Å². The number of aromatic nitrogens is 1. The number of terminal acetylenes is 2. The van der Waals surface area contributed by atoms with Crippen molar-refractivity contribution in [1.29, 1.82) is 0 Å². The first-order chi connectivity index (χ1) is 46.6. The molecule has 3 aromatic heterocycles. The number of unbranched alkanes of at least 4 members (excludes halogenated alkanes) is 2. The highest BCUT2D eigenvalue weighted by atomic mass is 32.1. The molecular weight excluding hydrogens is 1220 g/mol. The quantitative estimate of drug-likeness (QED) is 0.0295. The van der Waals surface area contributed by atoms with E-state index in [1.807, 2.05) is 36.7 Å². The Labute approximate surface area is 624 Å². The van der Waals surface area contributed by atoms with Crippen LogP contribution in [-0.4, -0.2) is 4.98 Å².